The van der Waals surface area contributed by atoms with Crippen molar-refractivity contribution in [3.8, 4) is 0 Å². The maximum atomic E-state index is 13.2. The standard InChI is InChI=1S/C16H14FNO2/c17-13-6-3-7-14(8-13)18-16(15(19)20)9-11-4-1-2-5-12(11)10-16/h1-8,18H,9-10H2,(H,19,20). The highest BCUT2D eigenvalue weighted by molar-refractivity contribution is 5.85. The SMILES string of the molecule is O=C(O)C1(Nc2cccc(F)c2)Cc2ccccc2C1. The summed E-state index contributed by atoms with van der Waals surface area (Å²) < 4.78 is 13.2. The molecule has 0 atom stereocenters. The second-order valence-electron chi connectivity index (χ2n) is 5.14. The van der Waals surface area contributed by atoms with Crippen LogP contribution >= 0.6 is 0 Å². The summed E-state index contributed by atoms with van der Waals surface area (Å²) in [7, 11) is 0. The number of carbonyl (C=O) groups is 1. The van der Waals surface area contributed by atoms with Crippen LogP contribution < -0.4 is 5.32 Å². The van der Waals surface area contributed by atoms with Gasteiger partial charge in [0.15, 0.2) is 0 Å². The molecule has 2 N–H and O–H groups in total. The molecule has 3 rings (SSSR count). The van der Waals surface area contributed by atoms with E-state index in [-0.39, 0.29) is 5.82 Å². The molecule has 0 saturated carbocycles. The monoisotopic (exact) mass is 271 g/mol. The number of halogens is 1. The summed E-state index contributed by atoms with van der Waals surface area (Å²) in [5, 5.41) is 12.6. The molecule has 0 aromatic heterocycles. The van der Waals surface area contributed by atoms with Gasteiger partial charge in [-0.1, -0.05) is 30.3 Å². The van der Waals surface area contributed by atoms with Crippen LogP contribution in [0.25, 0.3) is 0 Å². The van der Waals surface area contributed by atoms with Crippen LogP contribution in [-0.4, -0.2) is 16.6 Å². The highest BCUT2D eigenvalue weighted by Gasteiger charge is 2.44. The number of carboxylic acids is 1. The summed E-state index contributed by atoms with van der Waals surface area (Å²) in [4.78, 5) is 11.7. The van der Waals surface area contributed by atoms with Gasteiger partial charge < -0.3 is 10.4 Å². The Labute approximate surface area is 116 Å². The van der Waals surface area contributed by atoms with Gasteiger partial charge in [0, 0.05) is 18.5 Å². The average molecular weight is 271 g/mol. The van der Waals surface area contributed by atoms with Crippen LogP contribution in [0, 0.1) is 5.82 Å². The number of hydrogen-bond donors (Lipinski definition) is 2. The normalized spacial score (nSPS) is 15.7. The lowest BCUT2D eigenvalue weighted by molar-refractivity contribution is -0.142. The van der Waals surface area contributed by atoms with E-state index in [9.17, 15) is 14.3 Å². The Balaban J connectivity index is 1.94. The van der Waals surface area contributed by atoms with Crippen molar-refractivity contribution in [3.05, 3.63) is 65.5 Å². The molecule has 20 heavy (non-hydrogen) atoms. The molecule has 0 radical (unpaired) electrons. The molecule has 1 aliphatic rings. The van der Waals surface area contributed by atoms with E-state index < -0.39 is 11.5 Å². The zero-order valence-corrected chi connectivity index (χ0v) is 10.8. The van der Waals surface area contributed by atoms with Gasteiger partial charge >= 0.3 is 5.97 Å². The van der Waals surface area contributed by atoms with Crippen LogP contribution in [0.15, 0.2) is 48.5 Å². The summed E-state index contributed by atoms with van der Waals surface area (Å²) in [5.74, 6) is -1.30. The van der Waals surface area contributed by atoms with Gasteiger partial charge in [-0.25, -0.2) is 9.18 Å². The summed E-state index contributed by atoms with van der Waals surface area (Å²) in [6.45, 7) is 0. The van der Waals surface area contributed by atoms with E-state index in [1.807, 2.05) is 24.3 Å². The maximum Gasteiger partial charge on any atom is 0.330 e. The van der Waals surface area contributed by atoms with E-state index in [4.69, 9.17) is 0 Å². The number of benzene rings is 2. The Bertz CT molecular complexity index is 644. The molecule has 3 nitrogen and oxygen atoms in total. The molecule has 0 unspecified atom stereocenters. The molecule has 2 aromatic rings. The van der Waals surface area contributed by atoms with Crippen LogP contribution in [0.4, 0.5) is 10.1 Å². The molecular weight excluding hydrogens is 257 g/mol. The molecule has 0 aliphatic heterocycles. The van der Waals surface area contributed by atoms with Gasteiger partial charge in [-0.15, -0.1) is 0 Å². The summed E-state index contributed by atoms with van der Waals surface area (Å²) in [5.41, 5.74) is 1.44. The predicted octanol–water partition coefficient (Wildman–Crippen LogP) is 2.86. The topological polar surface area (TPSA) is 49.3 Å². The molecule has 0 spiro atoms. The van der Waals surface area contributed by atoms with E-state index in [0.29, 0.717) is 18.5 Å². The van der Waals surface area contributed by atoms with Gasteiger partial charge in [0.25, 0.3) is 0 Å². The molecule has 2 aromatic carbocycles. The Hall–Kier alpha value is -2.36. The third-order valence-corrected chi connectivity index (χ3v) is 3.72. The van der Waals surface area contributed by atoms with Crippen molar-refractivity contribution in [1.29, 1.82) is 0 Å². The highest BCUT2D eigenvalue weighted by atomic mass is 19.1. The second kappa shape index (κ2) is 4.63. The van der Waals surface area contributed by atoms with Crippen molar-refractivity contribution in [2.45, 2.75) is 18.4 Å². The first-order valence-corrected chi connectivity index (χ1v) is 6.43. The molecule has 0 amide bonds. The van der Waals surface area contributed by atoms with Gasteiger partial charge in [0.1, 0.15) is 11.4 Å². The van der Waals surface area contributed by atoms with Crippen LogP contribution in [-0.2, 0) is 17.6 Å². The quantitative estimate of drug-likeness (QED) is 0.902. The summed E-state index contributed by atoms with van der Waals surface area (Å²) in [6, 6.07) is 13.6. The largest absolute Gasteiger partial charge is 0.479 e. The Morgan fingerprint density at radius 1 is 1.10 bits per heavy atom. The Morgan fingerprint density at radius 3 is 2.30 bits per heavy atom. The van der Waals surface area contributed by atoms with Crippen molar-refractivity contribution >= 4 is 11.7 Å². The van der Waals surface area contributed by atoms with Gasteiger partial charge in [-0.2, -0.15) is 0 Å². The van der Waals surface area contributed by atoms with E-state index in [1.165, 1.54) is 12.1 Å². The lowest BCUT2D eigenvalue weighted by Crippen LogP contribution is -2.47. The zero-order valence-electron chi connectivity index (χ0n) is 10.8. The minimum atomic E-state index is -1.10. The van der Waals surface area contributed by atoms with E-state index in [1.54, 1.807) is 12.1 Å². The van der Waals surface area contributed by atoms with Crippen LogP contribution in [0.1, 0.15) is 11.1 Å². The summed E-state index contributed by atoms with van der Waals surface area (Å²) >= 11 is 0. The molecular formula is C16H14FNO2. The van der Waals surface area contributed by atoms with E-state index in [0.717, 1.165) is 11.1 Å². The molecule has 0 heterocycles. The first-order valence-electron chi connectivity index (χ1n) is 6.43. The van der Waals surface area contributed by atoms with Crippen molar-refractivity contribution in [2.75, 3.05) is 5.32 Å². The van der Waals surface area contributed by atoms with Gasteiger partial charge in [-0.3, -0.25) is 0 Å². The van der Waals surface area contributed by atoms with Gasteiger partial charge in [0.05, 0.1) is 0 Å². The molecule has 4 heteroatoms. The number of aliphatic carboxylic acids is 1. The van der Waals surface area contributed by atoms with Crippen LogP contribution in [0.5, 0.6) is 0 Å². The molecule has 0 fully saturated rings. The first kappa shape index (κ1) is 12.7. The molecule has 0 bridgehead atoms. The number of carboxylic acid groups (broad SMARTS) is 1. The van der Waals surface area contributed by atoms with Crippen molar-refractivity contribution in [2.24, 2.45) is 0 Å². The van der Waals surface area contributed by atoms with Crippen molar-refractivity contribution in [1.82, 2.24) is 0 Å². The predicted molar refractivity (Wildman–Crippen MR) is 74.2 cm³/mol. The lowest BCUT2D eigenvalue weighted by Gasteiger charge is -2.26. The number of fused-ring (bicyclic) bond motifs is 1. The Morgan fingerprint density at radius 2 is 1.75 bits per heavy atom. The Kier molecular flexibility index (Phi) is 2.93. The second-order valence-corrected chi connectivity index (χ2v) is 5.14. The van der Waals surface area contributed by atoms with Crippen LogP contribution in [0.2, 0.25) is 0 Å². The van der Waals surface area contributed by atoms with Gasteiger partial charge in [-0.05, 0) is 29.3 Å². The molecule has 0 saturated heterocycles. The zero-order chi connectivity index (χ0) is 14.2. The lowest BCUT2D eigenvalue weighted by atomic mass is 9.95. The number of nitrogens with one attached hydrogen (secondary N) is 1. The number of hydrogen-bond acceptors (Lipinski definition) is 2. The number of anilines is 1. The minimum absolute atomic E-state index is 0.383. The number of rotatable bonds is 3. The van der Waals surface area contributed by atoms with Crippen molar-refractivity contribution in [3.63, 3.8) is 0 Å². The summed E-state index contributed by atoms with van der Waals surface area (Å²) in [6.07, 6.45) is 0.796. The van der Waals surface area contributed by atoms with E-state index in [2.05, 4.69) is 5.32 Å². The minimum Gasteiger partial charge on any atom is -0.479 e. The fraction of sp³-hybridized carbons (Fsp3) is 0.188. The fourth-order valence-electron chi connectivity index (χ4n) is 2.75. The van der Waals surface area contributed by atoms with Crippen molar-refractivity contribution < 1.29 is 14.3 Å². The third-order valence-electron chi connectivity index (χ3n) is 3.72. The smallest absolute Gasteiger partial charge is 0.330 e. The van der Waals surface area contributed by atoms with E-state index >= 15 is 0 Å². The molecule has 1 aliphatic carbocycles. The van der Waals surface area contributed by atoms with Crippen LogP contribution in [0.3, 0.4) is 0 Å². The third kappa shape index (κ3) is 2.13. The maximum absolute atomic E-state index is 13.2. The molecule has 102 valence electrons. The average Bonchev–Trinajstić information content (AvgIpc) is 2.78. The first-order chi connectivity index (χ1) is 9.59. The fourth-order valence-corrected chi connectivity index (χ4v) is 2.75. The highest BCUT2D eigenvalue weighted by Crippen LogP contribution is 2.33. The van der Waals surface area contributed by atoms with Gasteiger partial charge in [0.2, 0.25) is 0 Å².